The van der Waals surface area contributed by atoms with Crippen molar-refractivity contribution in [2.75, 3.05) is 6.54 Å². The fraction of sp³-hybridized carbons (Fsp3) is 0.444. The predicted octanol–water partition coefficient (Wildman–Crippen LogP) is 4.36. The Morgan fingerprint density at radius 1 is 1.14 bits per heavy atom. The summed E-state index contributed by atoms with van der Waals surface area (Å²) in [5.41, 5.74) is 9.19. The lowest BCUT2D eigenvalue weighted by Crippen LogP contribution is -2.40. The fourth-order valence-electron chi connectivity index (χ4n) is 2.76. The highest BCUT2D eigenvalue weighted by Crippen LogP contribution is 2.30. The Kier molecular flexibility index (Phi) is 5.97. The van der Waals surface area contributed by atoms with E-state index >= 15 is 0 Å². The summed E-state index contributed by atoms with van der Waals surface area (Å²) in [5, 5.41) is 2.15. The van der Waals surface area contributed by atoms with Gasteiger partial charge in [0.1, 0.15) is 0 Å². The van der Waals surface area contributed by atoms with Gasteiger partial charge in [0.15, 0.2) is 0 Å². The van der Waals surface area contributed by atoms with Gasteiger partial charge in [0.05, 0.1) is 6.04 Å². The molecule has 2 rings (SSSR count). The van der Waals surface area contributed by atoms with Crippen LogP contribution in [0.4, 0.5) is 0 Å². The first-order valence-electron chi connectivity index (χ1n) is 7.74. The van der Waals surface area contributed by atoms with Gasteiger partial charge in [0, 0.05) is 17.5 Å². The molecule has 0 saturated heterocycles. The van der Waals surface area contributed by atoms with Crippen LogP contribution in [-0.2, 0) is 6.54 Å². The minimum absolute atomic E-state index is 0.174. The Labute approximate surface area is 132 Å². The number of likely N-dealkylation sites (N-methyl/N-ethyl adjacent to an activating group) is 1. The maximum atomic E-state index is 6.44. The maximum absolute atomic E-state index is 6.44. The van der Waals surface area contributed by atoms with E-state index in [0.29, 0.717) is 6.04 Å². The number of nitrogens with two attached hydrogens (primary N) is 1. The number of thiophene rings is 1. The Balaban J connectivity index is 2.26. The van der Waals surface area contributed by atoms with Crippen LogP contribution in [0.5, 0.6) is 0 Å². The lowest BCUT2D eigenvalue weighted by atomic mass is 10.0. The van der Waals surface area contributed by atoms with Gasteiger partial charge in [-0.05, 0) is 42.5 Å². The van der Waals surface area contributed by atoms with E-state index in [2.05, 4.69) is 67.4 Å². The molecule has 114 valence electrons. The van der Waals surface area contributed by atoms with E-state index in [1.165, 1.54) is 16.0 Å². The van der Waals surface area contributed by atoms with Gasteiger partial charge >= 0.3 is 0 Å². The molecular weight excluding hydrogens is 276 g/mol. The van der Waals surface area contributed by atoms with Crippen LogP contribution >= 0.6 is 11.3 Å². The second kappa shape index (κ2) is 7.74. The van der Waals surface area contributed by atoms with E-state index in [0.717, 1.165) is 19.5 Å². The second-order valence-electron chi connectivity index (χ2n) is 5.52. The van der Waals surface area contributed by atoms with Crippen molar-refractivity contribution in [2.24, 2.45) is 5.73 Å². The molecule has 0 aliphatic carbocycles. The van der Waals surface area contributed by atoms with E-state index in [1.54, 1.807) is 0 Å². The van der Waals surface area contributed by atoms with Crippen LogP contribution < -0.4 is 5.73 Å². The minimum atomic E-state index is 0.174. The molecule has 0 radical (unpaired) electrons. The highest BCUT2D eigenvalue weighted by atomic mass is 32.1. The molecule has 0 fully saturated rings. The van der Waals surface area contributed by atoms with Crippen molar-refractivity contribution < 1.29 is 0 Å². The third-order valence-corrected chi connectivity index (χ3v) is 5.09. The van der Waals surface area contributed by atoms with Crippen molar-refractivity contribution in [3.63, 3.8) is 0 Å². The van der Waals surface area contributed by atoms with Crippen LogP contribution in [0.1, 0.15) is 42.3 Å². The quantitative estimate of drug-likeness (QED) is 0.823. The molecule has 2 unspecified atom stereocenters. The van der Waals surface area contributed by atoms with Gasteiger partial charge in [-0.1, -0.05) is 44.2 Å². The molecular formula is C18H26N2S. The van der Waals surface area contributed by atoms with Crippen molar-refractivity contribution in [3.8, 4) is 0 Å². The summed E-state index contributed by atoms with van der Waals surface area (Å²) in [6.07, 6.45) is 0.993. The third kappa shape index (κ3) is 3.94. The second-order valence-corrected chi connectivity index (χ2v) is 6.50. The summed E-state index contributed by atoms with van der Waals surface area (Å²) in [4.78, 5) is 3.88. The van der Waals surface area contributed by atoms with E-state index in [4.69, 9.17) is 5.73 Å². The molecule has 21 heavy (non-hydrogen) atoms. The van der Waals surface area contributed by atoms with Crippen LogP contribution in [0.15, 0.2) is 41.8 Å². The van der Waals surface area contributed by atoms with Crippen molar-refractivity contribution in [2.45, 2.75) is 45.8 Å². The van der Waals surface area contributed by atoms with Crippen LogP contribution in [-0.4, -0.2) is 17.5 Å². The first-order valence-corrected chi connectivity index (χ1v) is 8.62. The van der Waals surface area contributed by atoms with Crippen LogP contribution in [0, 0.1) is 6.92 Å². The van der Waals surface area contributed by atoms with Crippen LogP contribution in [0.2, 0.25) is 0 Å². The Hall–Kier alpha value is -1.16. The van der Waals surface area contributed by atoms with Gasteiger partial charge in [0.25, 0.3) is 0 Å². The third-order valence-electron chi connectivity index (χ3n) is 4.15. The molecule has 0 aliphatic rings. The topological polar surface area (TPSA) is 29.3 Å². The monoisotopic (exact) mass is 302 g/mol. The zero-order valence-corrected chi connectivity index (χ0v) is 14.1. The molecule has 1 heterocycles. The molecule has 1 aromatic heterocycles. The molecule has 2 nitrogen and oxygen atoms in total. The van der Waals surface area contributed by atoms with Gasteiger partial charge in [-0.2, -0.15) is 0 Å². The molecule has 3 heteroatoms. The Morgan fingerprint density at radius 3 is 2.48 bits per heavy atom. The SMILES string of the molecule is CCC(N)C(c1cccs1)N(CC)Cc1ccccc1C. The van der Waals surface area contributed by atoms with Crippen molar-refractivity contribution in [1.82, 2.24) is 4.90 Å². The first kappa shape index (κ1) is 16.2. The molecule has 0 aliphatic heterocycles. The zero-order chi connectivity index (χ0) is 15.2. The molecule has 2 aromatic rings. The van der Waals surface area contributed by atoms with Gasteiger partial charge in [-0.25, -0.2) is 0 Å². The first-order chi connectivity index (χ1) is 10.2. The summed E-state index contributed by atoms with van der Waals surface area (Å²) in [5.74, 6) is 0. The normalized spacial score (nSPS) is 14.3. The summed E-state index contributed by atoms with van der Waals surface area (Å²) in [6, 6.07) is 13.4. The lowest BCUT2D eigenvalue weighted by Gasteiger charge is -2.34. The van der Waals surface area contributed by atoms with Crippen molar-refractivity contribution in [3.05, 3.63) is 57.8 Å². The molecule has 2 N–H and O–H groups in total. The standard InChI is InChI=1S/C18H26N2S/c1-4-16(19)18(17-11-8-12-21-17)20(5-2)13-15-10-7-6-9-14(15)3/h6-12,16,18H,4-5,13,19H2,1-3H3. The van der Waals surface area contributed by atoms with Gasteiger partial charge < -0.3 is 5.73 Å². The zero-order valence-electron chi connectivity index (χ0n) is 13.3. The van der Waals surface area contributed by atoms with Crippen LogP contribution in [0.3, 0.4) is 0 Å². The van der Waals surface area contributed by atoms with Crippen molar-refractivity contribution in [1.29, 1.82) is 0 Å². The Morgan fingerprint density at radius 2 is 1.90 bits per heavy atom. The molecule has 1 aromatic carbocycles. The average molecular weight is 302 g/mol. The minimum Gasteiger partial charge on any atom is -0.326 e. The van der Waals surface area contributed by atoms with Gasteiger partial charge in [0.2, 0.25) is 0 Å². The summed E-state index contributed by atoms with van der Waals surface area (Å²) < 4.78 is 0. The van der Waals surface area contributed by atoms with Crippen LogP contribution in [0.25, 0.3) is 0 Å². The Bertz CT molecular complexity index is 536. The molecule has 0 bridgehead atoms. The molecule has 0 spiro atoms. The maximum Gasteiger partial charge on any atom is 0.0596 e. The highest BCUT2D eigenvalue weighted by molar-refractivity contribution is 7.10. The van der Waals surface area contributed by atoms with E-state index in [-0.39, 0.29) is 6.04 Å². The average Bonchev–Trinajstić information content (AvgIpc) is 3.02. The number of hydrogen-bond donors (Lipinski definition) is 1. The smallest absolute Gasteiger partial charge is 0.0596 e. The number of aryl methyl sites for hydroxylation is 1. The predicted molar refractivity (Wildman–Crippen MR) is 92.6 cm³/mol. The molecule has 0 saturated carbocycles. The fourth-order valence-corrected chi connectivity index (χ4v) is 3.69. The lowest BCUT2D eigenvalue weighted by molar-refractivity contribution is 0.172. The number of nitrogens with zero attached hydrogens (tertiary/aromatic N) is 1. The summed E-state index contributed by atoms with van der Waals surface area (Å²) in [6.45, 7) is 8.54. The number of rotatable bonds is 7. The van der Waals surface area contributed by atoms with Crippen molar-refractivity contribution >= 4 is 11.3 Å². The molecule has 2 atom stereocenters. The highest BCUT2D eigenvalue weighted by Gasteiger charge is 2.25. The number of benzene rings is 1. The largest absolute Gasteiger partial charge is 0.326 e. The van der Waals surface area contributed by atoms with Gasteiger partial charge in [-0.3, -0.25) is 4.90 Å². The van der Waals surface area contributed by atoms with E-state index < -0.39 is 0 Å². The van der Waals surface area contributed by atoms with Gasteiger partial charge in [-0.15, -0.1) is 11.3 Å². The van der Waals surface area contributed by atoms with E-state index in [1.807, 2.05) is 11.3 Å². The summed E-state index contributed by atoms with van der Waals surface area (Å²) in [7, 11) is 0. The number of hydrogen-bond acceptors (Lipinski definition) is 3. The molecule has 0 amide bonds. The van der Waals surface area contributed by atoms with E-state index in [9.17, 15) is 0 Å². The summed E-state index contributed by atoms with van der Waals surface area (Å²) >= 11 is 1.81.